The first-order valence-electron chi connectivity index (χ1n) is 4.22. The zero-order valence-corrected chi connectivity index (χ0v) is 8.25. The summed E-state index contributed by atoms with van der Waals surface area (Å²) in [5.74, 6) is -3.44. The summed E-state index contributed by atoms with van der Waals surface area (Å²) in [6.07, 6.45) is -0.983. The maximum absolute atomic E-state index is 13.1. The van der Waals surface area contributed by atoms with Gasteiger partial charge in [0.1, 0.15) is 0 Å². The van der Waals surface area contributed by atoms with E-state index in [1.807, 2.05) is 0 Å². The summed E-state index contributed by atoms with van der Waals surface area (Å²) in [5.41, 5.74) is -0.400. The number of aliphatic hydroxyl groups is 1. The molecule has 3 nitrogen and oxygen atoms in total. The average molecular weight is 216 g/mol. The molecule has 1 unspecified atom stereocenters. The monoisotopic (exact) mass is 216 g/mol. The second-order valence-corrected chi connectivity index (χ2v) is 3.03. The number of aliphatic hydroxyl groups excluding tert-OH is 1. The van der Waals surface area contributed by atoms with Crippen LogP contribution in [-0.4, -0.2) is 18.2 Å². The van der Waals surface area contributed by atoms with Crippen LogP contribution in [0.1, 0.15) is 28.9 Å². The number of rotatable bonds is 2. The van der Waals surface area contributed by atoms with Crippen LogP contribution in [0.25, 0.3) is 0 Å². The van der Waals surface area contributed by atoms with E-state index in [-0.39, 0.29) is 5.56 Å². The van der Waals surface area contributed by atoms with Crippen LogP contribution >= 0.6 is 0 Å². The minimum atomic E-state index is -1.27. The van der Waals surface area contributed by atoms with Gasteiger partial charge in [-0.05, 0) is 24.6 Å². The second kappa shape index (κ2) is 4.35. The lowest BCUT2D eigenvalue weighted by Gasteiger charge is -2.08. The molecule has 0 amide bonds. The molecular weight excluding hydrogens is 206 g/mol. The van der Waals surface area contributed by atoms with Crippen molar-refractivity contribution >= 4 is 5.97 Å². The fourth-order valence-electron chi connectivity index (χ4n) is 1.11. The standard InChI is InChI=1S/C10H10F2O3/c1-5(13)6-3-7(10(14)15-2)9(12)8(11)4-6/h3-5,13H,1-2H3. The smallest absolute Gasteiger partial charge is 0.340 e. The summed E-state index contributed by atoms with van der Waals surface area (Å²) in [6, 6.07) is 1.90. The third kappa shape index (κ3) is 2.30. The van der Waals surface area contributed by atoms with Crippen molar-refractivity contribution < 1.29 is 23.4 Å². The van der Waals surface area contributed by atoms with Crippen molar-refractivity contribution in [3.63, 3.8) is 0 Å². The van der Waals surface area contributed by atoms with Crippen molar-refractivity contribution in [3.8, 4) is 0 Å². The Balaban J connectivity index is 3.31. The normalized spacial score (nSPS) is 12.3. The first-order valence-corrected chi connectivity index (χ1v) is 4.22. The van der Waals surface area contributed by atoms with E-state index < -0.39 is 29.3 Å². The molecule has 1 rings (SSSR count). The molecule has 0 saturated carbocycles. The Kier molecular flexibility index (Phi) is 3.36. The fraction of sp³-hybridized carbons (Fsp3) is 0.300. The SMILES string of the molecule is COC(=O)c1cc(C(C)O)cc(F)c1F. The quantitative estimate of drug-likeness (QED) is 0.767. The molecule has 1 atom stereocenters. The number of ether oxygens (including phenoxy) is 1. The average Bonchev–Trinajstić information content (AvgIpc) is 2.20. The van der Waals surface area contributed by atoms with Crippen molar-refractivity contribution in [2.75, 3.05) is 7.11 Å². The van der Waals surface area contributed by atoms with Crippen LogP contribution in [0.4, 0.5) is 8.78 Å². The highest BCUT2D eigenvalue weighted by molar-refractivity contribution is 5.89. The number of esters is 1. The molecule has 0 aliphatic heterocycles. The van der Waals surface area contributed by atoms with Gasteiger partial charge < -0.3 is 9.84 Å². The van der Waals surface area contributed by atoms with Crippen LogP contribution in [0.15, 0.2) is 12.1 Å². The van der Waals surface area contributed by atoms with Crippen molar-refractivity contribution in [1.82, 2.24) is 0 Å². The molecule has 0 heterocycles. The molecule has 0 saturated heterocycles. The Labute approximate surface area is 85.3 Å². The van der Waals surface area contributed by atoms with Gasteiger partial charge in [0, 0.05) is 0 Å². The highest BCUT2D eigenvalue weighted by Gasteiger charge is 2.18. The number of hydrogen-bond donors (Lipinski definition) is 1. The van der Waals surface area contributed by atoms with E-state index in [0.717, 1.165) is 19.2 Å². The summed E-state index contributed by atoms with van der Waals surface area (Å²) in [6.45, 7) is 1.38. The van der Waals surface area contributed by atoms with E-state index in [4.69, 9.17) is 0 Å². The van der Waals surface area contributed by atoms with Crippen molar-refractivity contribution in [1.29, 1.82) is 0 Å². The number of methoxy groups -OCH3 is 1. The molecule has 5 heteroatoms. The molecule has 1 aromatic carbocycles. The van der Waals surface area contributed by atoms with Crippen molar-refractivity contribution in [3.05, 3.63) is 34.9 Å². The first-order chi connectivity index (χ1) is 6.97. The molecule has 0 bridgehead atoms. The number of benzene rings is 1. The summed E-state index contributed by atoms with van der Waals surface area (Å²) >= 11 is 0. The van der Waals surface area contributed by atoms with E-state index in [1.54, 1.807) is 0 Å². The van der Waals surface area contributed by atoms with Crippen molar-refractivity contribution in [2.45, 2.75) is 13.0 Å². The van der Waals surface area contributed by atoms with Gasteiger partial charge in [-0.1, -0.05) is 0 Å². The molecule has 15 heavy (non-hydrogen) atoms. The third-order valence-corrected chi connectivity index (χ3v) is 1.94. The lowest BCUT2D eigenvalue weighted by molar-refractivity contribution is 0.0594. The van der Waals surface area contributed by atoms with Crippen LogP contribution in [0.3, 0.4) is 0 Å². The Bertz CT molecular complexity index is 388. The van der Waals surface area contributed by atoms with E-state index in [9.17, 15) is 18.7 Å². The number of halogens is 2. The van der Waals surface area contributed by atoms with Crippen LogP contribution in [0.5, 0.6) is 0 Å². The fourth-order valence-corrected chi connectivity index (χ4v) is 1.11. The summed E-state index contributed by atoms with van der Waals surface area (Å²) in [4.78, 5) is 11.1. The molecule has 82 valence electrons. The number of carbonyl (C=O) groups is 1. The molecular formula is C10H10F2O3. The highest BCUT2D eigenvalue weighted by Crippen LogP contribution is 2.20. The lowest BCUT2D eigenvalue weighted by Crippen LogP contribution is -2.08. The summed E-state index contributed by atoms with van der Waals surface area (Å²) in [5, 5.41) is 9.18. The third-order valence-electron chi connectivity index (χ3n) is 1.94. The van der Waals surface area contributed by atoms with E-state index in [2.05, 4.69) is 4.74 Å². The molecule has 0 aromatic heterocycles. The molecule has 0 fully saturated rings. The minimum absolute atomic E-state index is 0.120. The lowest BCUT2D eigenvalue weighted by atomic mass is 10.1. The number of hydrogen-bond acceptors (Lipinski definition) is 3. The molecule has 0 aliphatic carbocycles. The minimum Gasteiger partial charge on any atom is -0.465 e. The van der Waals surface area contributed by atoms with Gasteiger partial charge in [0.25, 0.3) is 0 Å². The van der Waals surface area contributed by atoms with Gasteiger partial charge in [-0.25, -0.2) is 13.6 Å². The van der Waals surface area contributed by atoms with Gasteiger partial charge in [-0.2, -0.15) is 0 Å². The van der Waals surface area contributed by atoms with Gasteiger partial charge in [0.15, 0.2) is 11.6 Å². The summed E-state index contributed by atoms with van der Waals surface area (Å²) < 4.78 is 30.4. The second-order valence-electron chi connectivity index (χ2n) is 3.03. The topological polar surface area (TPSA) is 46.5 Å². The molecule has 1 N–H and O–H groups in total. The van der Waals surface area contributed by atoms with Gasteiger partial charge in [0.2, 0.25) is 0 Å². The molecule has 0 spiro atoms. The highest BCUT2D eigenvalue weighted by atomic mass is 19.2. The molecule has 0 radical (unpaired) electrons. The predicted molar refractivity (Wildman–Crippen MR) is 48.3 cm³/mol. The molecule has 0 aliphatic rings. The summed E-state index contributed by atoms with van der Waals surface area (Å²) in [7, 11) is 1.06. The predicted octanol–water partition coefficient (Wildman–Crippen LogP) is 1.80. The van der Waals surface area contributed by atoms with Crippen LogP contribution < -0.4 is 0 Å². The zero-order chi connectivity index (χ0) is 11.6. The van der Waals surface area contributed by atoms with Crippen LogP contribution in [-0.2, 0) is 4.74 Å². The van der Waals surface area contributed by atoms with Crippen LogP contribution in [0.2, 0.25) is 0 Å². The van der Waals surface area contributed by atoms with Crippen molar-refractivity contribution in [2.24, 2.45) is 0 Å². The van der Waals surface area contributed by atoms with Gasteiger partial charge in [-0.15, -0.1) is 0 Å². The van der Waals surface area contributed by atoms with Gasteiger partial charge in [0.05, 0.1) is 18.8 Å². The largest absolute Gasteiger partial charge is 0.465 e. The van der Waals surface area contributed by atoms with Gasteiger partial charge in [-0.3, -0.25) is 0 Å². The Morgan fingerprint density at radius 3 is 2.53 bits per heavy atom. The zero-order valence-electron chi connectivity index (χ0n) is 8.25. The maximum Gasteiger partial charge on any atom is 0.340 e. The maximum atomic E-state index is 13.1. The molecule has 1 aromatic rings. The van der Waals surface area contributed by atoms with E-state index >= 15 is 0 Å². The van der Waals surface area contributed by atoms with Gasteiger partial charge >= 0.3 is 5.97 Å². The van der Waals surface area contributed by atoms with Crippen LogP contribution in [0, 0.1) is 11.6 Å². The Hall–Kier alpha value is -1.49. The number of carbonyl (C=O) groups excluding carboxylic acids is 1. The Morgan fingerprint density at radius 2 is 2.07 bits per heavy atom. The van der Waals surface area contributed by atoms with E-state index in [1.165, 1.54) is 6.92 Å². The first kappa shape index (κ1) is 11.6. The Morgan fingerprint density at radius 1 is 1.47 bits per heavy atom. The van der Waals surface area contributed by atoms with E-state index in [0.29, 0.717) is 0 Å².